The van der Waals surface area contributed by atoms with Gasteiger partial charge in [0.2, 0.25) is 0 Å². The van der Waals surface area contributed by atoms with Crippen LogP contribution in [-0.2, 0) is 16.8 Å². The van der Waals surface area contributed by atoms with Gasteiger partial charge < -0.3 is 25.1 Å². The summed E-state index contributed by atoms with van der Waals surface area (Å²) in [5, 5.41) is 5.70. The van der Waals surface area contributed by atoms with Crippen LogP contribution in [0.2, 0.25) is 0 Å². The molecule has 3 heterocycles. The first-order valence-electron chi connectivity index (χ1n) is 10.4. The van der Waals surface area contributed by atoms with E-state index in [4.69, 9.17) is 14.9 Å². The Kier molecular flexibility index (Phi) is 4.63. The van der Waals surface area contributed by atoms with Gasteiger partial charge in [0.05, 0.1) is 13.7 Å². The van der Waals surface area contributed by atoms with Gasteiger partial charge in [0.25, 0.3) is 11.8 Å². The quantitative estimate of drug-likeness (QED) is 0.515. The number of carbonyl (C=O) groups excluding carboxylic acids is 3. The zero-order chi connectivity index (χ0) is 23.3. The van der Waals surface area contributed by atoms with Crippen molar-refractivity contribution in [2.45, 2.75) is 12.0 Å². The molecule has 2 aliphatic rings. The van der Waals surface area contributed by atoms with Gasteiger partial charge in [-0.3, -0.25) is 14.9 Å². The number of urea groups is 1. The summed E-state index contributed by atoms with van der Waals surface area (Å²) >= 11 is 0. The summed E-state index contributed by atoms with van der Waals surface area (Å²) in [5.74, 6) is -0.0365. The standard InChI is InChI=1S/C24H22N4O5/c1-13(25)15-3-4-16-10-20(33-19(16)9-15)24(22(30)26-23(31)27-24)12-28-8-7-14-5-6-17(32-2)11-18(14)21(28)29/h3-6,9-11H,1,7-8,12,25H2,2H3,(H2,26,27,30,31)/t24-/m0/s1. The van der Waals surface area contributed by atoms with Gasteiger partial charge in [0.15, 0.2) is 5.54 Å². The van der Waals surface area contributed by atoms with Crippen molar-refractivity contribution in [3.63, 3.8) is 0 Å². The average molecular weight is 446 g/mol. The van der Waals surface area contributed by atoms with Gasteiger partial charge in [-0.25, -0.2) is 4.79 Å². The average Bonchev–Trinajstić information content (AvgIpc) is 3.35. The molecular weight excluding hydrogens is 424 g/mol. The van der Waals surface area contributed by atoms with E-state index in [1.54, 1.807) is 35.2 Å². The highest BCUT2D eigenvalue weighted by atomic mass is 16.5. The molecule has 33 heavy (non-hydrogen) atoms. The SMILES string of the molecule is C=C(N)c1ccc2cc([C@]3(CN4CCc5ccc(OC)cc5C4=O)NC(=O)NC3=O)oc2c1. The lowest BCUT2D eigenvalue weighted by atomic mass is 9.92. The fourth-order valence-corrected chi connectivity index (χ4v) is 4.36. The highest BCUT2D eigenvalue weighted by molar-refractivity contribution is 6.08. The van der Waals surface area contributed by atoms with Gasteiger partial charge in [-0.15, -0.1) is 0 Å². The van der Waals surface area contributed by atoms with Crippen molar-refractivity contribution in [1.82, 2.24) is 15.5 Å². The molecule has 2 aromatic carbocycles. The van der Waals surface area contributed by atoms with E-state index in [1.165, 1.54) is 7.11 Å². The third kappa shape index (κ3) is 3.29. The number of benzene rings is 2. The summed E-state index contributed by atoms with van der Waals surface area (Å²) in [5.41, 5.74) is 7.19. The Hall–Kier alpha value is -4.27. The van der Waals surface area contributed by atoms with E-state index >= 15 is 0 Å². The maximum Gasteiger partial charge on any atom is 0.322 e. The predicted octanol–water partition coefficient (Wildman–Crippen LogP) is 2.10. The molecule has 0 unspecified atom stereocenters. The monoisotopic (exact) mass is 446 g/mol. The van der Waals surface area contributed by atoms with Gasteiger partial charge in [0.1, 0.15) is 17.1 Å². The summed E-state index contributed by atoms with van der Waals surface area (Å²) in [6, 6.07) is 11.7. The Labute approximate surface area is 189 Å². The van der Waals surface area contributed by atoms with Gasteiger partial charge in [-0.2, -0.15) is 0 Å². The summed E-state index contributed by atoms with van der Waals surface area (Å²) in [4.78, 5) is 40.1. The molecule has 0 spiro atoms. The molecule has 9 nitrogen and oxygen atoms in total. The minimum absolute atomic E-state index is 0.0870. The molecule has 4 N–H and O–H groups in total. The van der Waals surface area contributed by atoms with E-state index in [0.717, 1.165) is 10.9 Å². The Morgan fingerprint density at radius 1 is 1.21 bits per heavy atom. The first-order chi connectivity index (χ1) is 15.8. The number of ether oxygens (including phenoxy) is 1. The number of nitrogens with one attached hydrogen (secondary N) is 2. The highest BCUT2D eigenvalue weighted by Gasteiger charge is 2.52. The number of furan rings is 1. The number of rotatable bonds is 5. The molecule has 0 bridgehead atoms. The predicted molar refractivity (Wildman–Crippen MR) is 120 cm³/mol. The summed E-state index contributed by atoms with van der Waals surface area (Å²) in [7, 11) is 1.53. The summed E-state index contributed by atoms with van der Waals surface area (Å²) in [6.45, 7) is 4.03. The summed E-state index contributed by atoms with van der Waals surface area (Å²) < 4.78 is 11.3. The first kappa shape index (κ1) is 20.6. The molecule has 1 fully saturated rings. The zero-order valence-electron chi connectivity index (χ0n) is 17.9. The smallest absolute Gasteiger partial charge is 0.322 e. The number of nitrogens with zero attached hydrogens (tertiary/aromatic N) is 1. The van der Waals surface area contributed by atoms with Crippen LogP contribution in [0.4, 0.5) is 4.79 Å². The molecule has 1 atom stereocenters. The zero-order valence-corrected chi connectivity index (χ0v) is 17.9. The van der Waals surface area contributed by atoms with Gasteiger partial charge in [-0.1, -0.05) is 24.8 Å². The van der Waals surface area contributed by atoms with E-state index in [9.17, 15) is 14.4 Å². The molecule has 3 aromatic rings. The number of amides is 4. The number of imide groups is 1. The normalized spacial score (nSPS) is 19.9. The van der Waals surface area contributed by atoms with E-state index < -0.39 is 17.5 Å². The minimum Gasteiger partial charge on any atom is -0.497 e. The van der Waals surface area contributed by atoms with Crippen LogP contribution in [0.25, 0.3) is 16.7 Å². The molecule has 5 rings (SSSR count). The topological polar surface area (TPSA) is 127 Å². The lowest BCUT2D eigenvalue weighted by Crippen LogP contribution is -2.55. The number of nitrogens with two attached hydrogens (primary N) is 1. The molecule has 1 aromatic heterocycles. The van der Waals surface area contributed by atoms with Crippen molar-refractivity contribution in [2.24, 2.45) is 5.73 Å². The van der Waals surface area contributed by atoms with Crippen LogP contribution in [0, 0.1) is 0 Å². The van der Waals surface area contributed by atoms with Crippen LogP contribution in [0.1, 0.15) is 27.2 Å². The number of methoxy groups -OCH3 is 1. The lowest BCUT2D eigenvalue weighted by molar-refractivity contribution is -0.125. The Bertz CT molecular complexity index is 1340. The van der Waals surface area contributed by atoms with Crippen LogP contribution in [0.3, 0.4) is 0 Å². The fourth-order valence-electron chi connectivity index (χ4n) is 4.36. The molecule has 2 aliphatic heterocycles. The Balaban J connectivity index is 1.55. The van der Waals surface area contributed by atoms with Crippen molar-refractivity contribution in [2.75, 3.05) is 20.2 Å². The molecule has 9 heteroatoms. The second-order valence-electron chi connectivity index (χ2n) is 8.20. The first-order valence-corrected chi connectivity index (χ1v) is 10.4. The van der Waals surface area contributed by atoms with E-state index in [1.807, 2.05) is 12.1 Å². The number of hydrogen-bond acceptors (Lipinski definition) is 6. The van der Waals surface area contributed by atoms with Gasteiger partial charge in [-0.05, 0) is 36.2 Å². The van der Waals surface area contributed by atoms with Crippen molar-refractivity contribution in [3.8, 4) is 5.75 Å². The molecule has 0 radical (unpaired) electrons. The van der Waals surface area contributed by atoms with Crippen molar-refractivity contribution < 1.29 is 23.5 Å². The lowest BCUT2D eigenvalue weighted by Gasteiger charge is -2.34. The van der Waals surface area contributed by atoms with E-state index in [0.29, 0.717) is 41.1 Å². The van der Waals surface area contributed by atoms with Crippen LogP contribution in [0.15, 0.2) is 53.5 Å². The second kappa shape index (κ2) is 7.40. The molecule has 0 saturated carbocycles. The van der Waals surface area contributed by atoms with Crippen molar-refractivity contribution >= 4 is 34.5 Å². The Morgan fingerprint density at radius 3 is 2.73 bits per heavy atom. The van der Waals surface area contributed by atoms with Crippen molar-refractivity contribution in [1.29, 1.82) is 0 Å². The van der Waals surface area contributed by atoms with Crippen molar-refractivity contribution in [3.05, 3.63) is 71.5 Å². The van der Waals surface area contributed by atoms with E-state index in [2.05, 4.69) is 17.2 Å². The fraction of sp³-hybridized carbons (Fsp3) is 0.208. The molecule has 168 valence electrons. The summed E-state index contributed by atoms with van der Waals surface area (Å²) in [6.07, 6.45) is 0.610. The van der Waals surface area contributed by atoms with E-state index in [-0.39, 0.29) is 18.2 Å². The van der Waals surface area contributed by atoms with Crippen LogP contribution >= 0.6 is 0 Å². The Morgan fingerprint density at radius 2 is 2.03 bits per heavy atom. The van der Waals surface area contributed by atoms with Gasteiger partial charge in [0, 0.05) is 28.8 Å². The number of carbonyl (C=O) groups is 3. The molecule has 0 aliphatic carbocycles. The number of hydrogen-bond donors (Lipinski definition) is 3. The molecular formula is C24H22N4O5. The third-order valence-electron chi connectivity index (χ3n) is 6.17. The van der Waals surface area contributed by atoms with Crippen LogP contribution in [-0.4, -0.2) is 42.9 Å². The maximum absolute atomic E-state index is 13.3. The highest BCUT2D eigenvalue weighted by Crippen LogP contribution is 2.34. The second-order valence-corrected chi connectivity index (χ2v) is 8.20. The van der Waals surface area contributed by atoms with Crippen LogP contribution in [0.5, 0.6) is 5.75 Å². The number of fused-ring (bicyclic) bond motifs is 2. The molecule has 4 amide bonds. The largest absolute Gasteiger partial charge is 0.497 e. The van der Waals surface area contributed by atoms with Crippen LogP contribution < -0.4 is 21.1 Å². The maximum atomic E-state index is 13.3. The van der Waals surface area contributed by atoms with Gasteiger partial charge >= 0.3 is 6.03 Å². The minimum atomic E-state index is -1.57. The molecule has 1 saturated heterocycles. The third-order valence-corrected chi connectivity index (χ3v) is 6.17.